The highest BCUT2D eigenvalue weighted by molar-refractivity contribution is 6.01. The van der Waals surface area contributed by atoms with Gasteiger partial charge in [0, 0.05) is 67.3 Å². The number of ether oxygens (including phenoxy) is 2. The Kier molecular flexibility index (Phi) is 6.30. The number of carbonyl (C=O) groups excluding carboxylic acids is 2. The quantitative estimate of drug-likeness (QED) is 0.300. The molecule has 1 saturated carbocycles. The van der Waals surface area contributed by atoms with Gasteiger partial charge in [-0.3, -0.25) is 9.78 Å². The highest BCUT2D eigenvalue weighted by Crippen LogP contribution is 2.42. The van der Waals surface area contributed by atoms with E-state index in [9.17, 15) is 19.5 Å². The fourth-order valence-corrected chi connectivity index (χ4v) is 6.70. The van der Waals surface area contributed by atoms with Crippen LogP contribution in [0.5, 0.6) is 5.75 Å². The summed E-state index contributed by atoms with van der Waals surface area (Å²) >= 11 is 0. The zero-order valence-corrected chi connectivity index (χ0v) is 24.5. The van der Waals surface area contributed by atoms with Gasteiger partial charge in [-0.1, -0.05) is 12.1 Å². The standard InChI is InChI=1S/C34H33N3O6/c1-19-18-37(25-6-7-25)28-14-23(15-29(42-3)30(19)28)31(38)36-10-8-34(9-11-36)16-22-5-4-21(12-27(22)33(41)43-34)24-13-26(32(39)40)20(2)35-17-24/h4-5,12-15,17-18,25H,6-11,16H2,1-3H3,(H,39,40). The summed E-state index contributed by atoms with van der Waals surface area (Å²) in [5, 5.41) is 10.5. The molecule has 2 aromatic carbocycles. The van der Waals surface area contributed by atoms with Crippen molar-refractivity contribution < 1.29 is 29.0 Å². The van der Waals surface area contributed by atoms with Gasteiger partial charge in [-0.2, -0.15) is 0 Å². The zero-order chi connectivity index (χ0) is 30.0. The molecule has 4 aromatic rings. The van der Waals surface area contributed by atoms with Crippen LogP contribution in [-0.4, -0.2) is 63.2 Å². The van der Waals surface area contributed by atoms with Gasteiger partial charge in [0.2, 0.25) is 0 Å². The summed E-state index contributed by atoms with van der Waals surface area (Å²) in [7, 11) is 1.64. The molecule has 43 heavy (non-hydrogen) atoms. The number of carboxylic acid groups (broad SMARTS) is 1. The number of nitrogens with zero attached hydrogens (tertiary/aromatic N) is 3. The van der Waals surface area contributed by atoms with Crippen LogP contribution in [-0.2, 0) is 11.2 Å². The van der Waals surface area contributed by atoms with Crippen LogP contribution in [0.1, 0.15) is 79.6 Å². The molecule has 0 radical (unpaired) electrons. The number of methoxy groups -OCH3 is 1. The van der Waals surface area contributed by atoms with Crippen molar-refractivity contribution in [2.75, 3.05) is 20.2 Å². The van der Waals surface area contributed by atoms with Crippen molar-refractivity contribution in [3.8, 4) is 16.9 Å². The normalized spacial score (nSPS) is 17.6. The van der Waals surface area contributed by atoms with E-state index in [4.69, 9.17) is 9.47 Å². The van der Waals surface area contributed by atoms with Gasteiger partial charge in [0.1, 0.15) is 11.4 Å². The third-order valence-corrected chi connectivity index (χ3v) is 9.26. The van der Waals surface area contributed by atoms with Gasteiger partial charge in [0.15, 0.2) is 0 Å². The lowest BCUT2D eigenvalue weighted by Gasteiger charge is -2.43. The van der Waals surface area contributed by atoms with E-state index in [-0.39, 0.29) is 11.5 Å². The van der Waals surface area contributed by atoms with E-state index in [0.717, 1.165) is 34.9 Å². The molecule has 0 unspecified atom stereocenters. The van der Waals surface area contributed by atoms with E-state index < -0.39 is 17.5 Å². The number of esters is 1. The number of piperidine rings is 1. The minimum Gasteiger partial charge on any atom is -0.496 e. The number of amides is 1. The molecule has 1 amide bonds. The van der Waals surface area contributed by atoms with Crippen LogP contribution < -0.4 is 4.74 Å². The first kappa shape index (κ1) is 27.2. The first-order chi connectivity index (χ1) is 20.7. The summed E-state index contributed by atoms with van der Waals surface area (Å²) in [4.78, 5) is 44.6. The molecule has 9 heteroatoms. The van der Waals surface area contributed by atoms with E-state index in [0.29, 0.717) is 72.1 Å². The lowest BCUT2D eigenvalue weighted by atomic mass is 9.81. The molecule has 4 heterocycles. The average molecular weight is 580 g/mol. The maximum Gasteiger partial charge on any atom is 0.338 e. The fourth-order valence-electron chi connectivity index (χ4n) is 6.70. The van der Waals surface area contributed by atoms with Crippen LogP contribution >= 0.6 is 0 Å². The molecule has 3 aliphatic rings. The first-order valence-electron chi connectivity index (χ1n) is 14.7. The van der Waals surface area contributed by atoms with Crippen LogP contribution in [0.4, 0.5) is 0 Å². The van der Waals surface area contributed by atoms with Crippen LogP contribution in [0.25, 0.3) is 22.0 Å². The minimum absolute atomic E-state index is 0.0455. The number of hydrogen-bond acceptors (Lipinski definition) is 6. The molecule has 9 nitrogen and oxygen atoms in total. The number of aryl methyl sites for hydroxylation is 2. The van der Waals surface area contributed by atoms with E-state index in [2.05, 4.69) is 22.7 Å². The molecule has 2 aromatic heterocycles. The largest absolute Gasteiger partial charge is 0.496 e. The summed E-state index contributed by atoms with van der Waals surface area (Å²) in [6, 6.07) is 11.5. The van der Waals surface area contributed by atoms with Crippen molar-refractivity contribution in [2.24, 2.45) is 0 Å². The van der Waals surface area contributed by atoms with Gasteiger partial charge >= 0.3 is 11.9 Å². The Morgan fingerprint density at radius 2 is 1.84 bits per heavy atom. The van der Waals surface area contributed by atoms with Crippen LogP contribution in [0.3, 0.4) is 0 Å². The van der Waals surface area contributed by atoms with Crippen molar-refractivity contribution in [2.45, 2.75) is 57.6 Å². The lowest BCUT2D eigenvalue weighted by molar-refractivity contribution is -0.0526. The molecular formula is C34H33N3O6. The third-order valence-electron chi connectivity index (χ3n) is 9.26. The number of carboxylic acids is 1. The number of fused-ring (bicyclic) bond motifs is 2. The summed E-state index contributed by atoms with van der Waals surface area (Å²) in [6.45, 7) is 4.69. The third kappa shape index (κ3) is 4.63. The molecule has 1 N–H and O–H groups in total. The Morgan fingerprint density at radius 1 is 1.07 bits per heavy atom. The fraction of sp³-hybridized carbons (Fsp3) is 0.353. The van der Waals surface area contributed by atoms with E-state index in [1.54, 1.807) is 32.4 Å². The molecule has 1 saturated heterocycles. The van der Waals surface area contributed by atoms with E-state index in [1.807, 2.05) is 29.2 Å². The van der Waals surface area contributed by atoms with Gasteiger partial charge in [-0.05, 0) is 67.6 Å². The maximum atomic E-state index is 13.7. The molecule has 2 fully saturated rings. The highest BCUT2D eigenvalue weighted by atomic mass is 16.6. The molecule has 0 atom stereocenters. The Labute approximate surface area is 249 Å². The predicted molar refractivity (Wildman–Crippen MR) is 160 cm³/mol. The highest BCUT2D eigenvalue weighted by Gasteiger charge is 2.44. The van der Waals surface area contributed by atoms with Crippen LogP contribution in [0, 0.1) is 13.8 Å². The number of aromatic nitrogens is 2. The Hall–Kier alpha value is -4.66. The number of pyridine rings is 1. The van der Waals surface area contributed by atoms with Crippen LogP contribution in [0.15, 0.2) is 48.8 Å². The van der Waals surface area contributed by atoms with Crippen molar-refractivity contribution in [1.29, 1.82) is 0 Å². The average Bonchev–Trinajstić information content (AvgIpc) is 3.79. The molecule has 7 rings (SSSR count). The predicted octanol–water partition coefficient (Wildman–Crippen LogP) is 5.75. The summed E-state index contributed by atoms with van der Waals surface area (Å²) in [6.07, 6.45) is 7.73. The van der Waals surface area contributed by atoms with E-state index in [1.165, 1.54) is 0 Å². The minimum atomic E-state index is -1.04. The second-order valence-electron chi connectivity index (χ2n) is 12.1. The maximum absolute atomic E-state index is 13.7. The van der Waals surface area contributed by atoms with Gasteiger partial charge in [0.25, 0.3) is 5.91 Å². The van der Waals surface area contributed by atoms with Gasteiger partial charge in [-0.15, -0.1) is 0 Å². The molecular weight excluding hydrogens is 546 g/mol. The Morgan fingerprint density at radius 3 is 2.53 bits per heavy atom. The number of carbonyl (C=O) groups is 3. The lowest BCUT2D eigenvalue weighted by Crippen LogP contribution is -2.51. The van der Waals surface area contributed by atoms with Gasteiger partial charge in [-0.25, -0.2) is 9.59 Å². The molecule has 2 aliphatic heterocycles. The second-order valence-corrected chi connectivity index (χ2v) is 12.1. The van der Waals surface area contributed by atoms with Crippen molar-refractivity contribution >= 4 is 28.7 Å². The number of aromatic carboxylic acids is 1. The number of hydrogen-bond donors (Lipinski definition) is 1. The molecule has 0 bridgehead atoms. The van der Waals surface area contributed by atoms with Crippen molar-refractivity contribution in [1.82, 2.24) is 14.5 Å². The monoisotopic (exact) mass is 579 g/mol. The van der Waals surface area contributed by atoms with Crippen molar-refractivity contribution in [3.05, 3.63) is 82.3 Å². The van der Waals surface area contributed by atoms with Crippen molar-refractivity contribution in [3.63, 3.8) is 0 Å². The molecule has 1 aliphatic carbocycles. The Balaban J connectivity index is 1.10. The molecule has 220 valence electrons. The van der Waals surface area contributed by atoms with Crippen LogP contribution in [0.2, 0.25) is 0 Å². The summed E-state index contributed by atoms with van der Waals surface area (Å²) in [5.74, 6) is -0.772. The number of likely N-dealkylation sites (tertiary alicyclic amines) is 1. The van der Waals surface area contributed by atoms with E-state index >= 15 is 0 Å². The topological polar surface area (TPSA) is 111 Å². The second kappa shape index (κ2) is 9.97. The summed E-state index contributed by atoms with van der Waals surface area (Å²) < 4.78 is 14.1. The smallest absolute Gasteiger partial charge is 0.338 e. The SMILES string of the molecule is COc1cc(C(=O)N2CCC3(CC2)Cc2ccc(-c4cnc(C)c(C(=O)O)c4)cc2C(=O)O3)cc2c1c(C)cn2C1CC1. The van der Waals surface area contributed by atoms with Gasteiger partial charge < -0.3 is 24.0 Å². The molecule has 1 spiro atoms. The first-order valence-corrected chi connectivity index (χ1v) is 14.7. The zero-order valence-electron chi connectivity index (χ0n) is 24.5. The van der Waals surface area contributed by atoms with Gasteiger partial charge in [0.05, 0.1) is 29.4 Å². The summed E-state index contributed by atoms with van der Waals surface area (Å²) in [5.41, 5.74) is 5.39. The number of benzene rings is 2. The Bertz CT molecular complexity index is 1830. The number of rotatable bonds is 5.